The molecule has 0 radical (unpaired) electrons. The van der Waals surface area contributed by atoms with Crippen molar-refractivity contribution in [1.82, 2.24) is 19.5 Å². The molecule has 2 heterocycles. The lowest BCUT2D eigenvalue weighted by Crippen LogP contribution is -2.03. The van der Waals surface area contributed by atoms with Crippen LogP contribution in [0, 0.1) is 0 Å². The highest BCUT2D eigenvalue weighted by Gasteiger charge is 2.26. The van der Waals surface area contributed by atoms with Crippen molar-refractivity contribution < 1.29 is 0 Å². The first-order chi connectivity index (χ1) is 26.3. The van der Waals surface area contributed by atoms with Gasteiger partial charge in [0, 0.05) is 27.5 Å². The lowest BCUT2D eigenvalue weighted by molar-refractivity contribution is 1.06. The Morgan fingerprint density at radius 3 is 1.51 bits per heavy atom. The van der Waals surface area contributed by atoms with Crippen molar-refractivity contribution in [3.05, 3.63) is 182 Å². The highest BCUT2D eigenvalue weighted by atomic mass is 15.1. The SMILES string of the molecule is c1ccc(-c2cc3c4c(ccc5c4c4c(cccc4n5-c4ccccc4-c4nc(-c5ccccc5)nc(-c5ccccc5)n4)-c4ccccc4-3)c2)cc1. The second-order valence-electron chi connectivity index (χ2n) is 13.6. The molecule has 11 rings (SSSR count). The maximum atomic E-state index is 5.16. The largest absolute Gasteiger partial charge is 0.308 e. The Kier molecular flexibility index (Phi) is 6.52. The van der Waals surface area contributed by atoms with Gasteiger partial charge in [-0.15, -0.1) is 0 Å². The van der Waals surface area contributed by atoms with E-state index >= 15 is 0 Å². The van der Waals surface area contributed by atoms with Crippen LogP contribution in [0.25, 0.3) is 106 Å². The second-order valence-corrected chi connectivity index (χ2v) is 13.6. The molecule has 10 aromatic rings. The van der Waals surface area contributed by atoms with Crippen LogP contribution in [0.15, 0.2) is 182 Å². The van der Waals surface area contributed by atoms with Gasteiger partial charge in [-0.3, -0.25) is 0 Å². The molecule has 246 valence electrons. The lowest BCUT2D eigenvalue weighted by Gasteiger charge is -2.17. The molecule has 8 aromatic carbocycles. The number of fused-ring (bicyclic) bond motifs is 3. The van der Waals surface area contributed by atoms with Crippen LogP contribution < -0.4 is 0 Å². The van der Waals surface area contributed by atoms with Crippen molar-refractivity contribution in [3.63, 3.8) is 0 Å². The average molecular weight is 675 g/mol. The van der Waals surface area contributed by atoms with Gasteiger partial charge in [-0.25, -0.2) is 15.0 Å². The molecule has 0 amide bonds. The van der Waals surface area contributed by atoms with Crippen LogP contribution in [-0.4, -0.2) is 19.5 Å². The van der Waals surface area contributed by atoms with Gasteiger partial charge in [-0.2, -0.15) is 0 Å². The van der Waals surface area contributed by atoms with Crippen LogP contribution in [0.2, 0.25) is 0 Å². The van der Waals surface area contributed by atoms with E-state index in [1.807, 2.05) is 36.4 Å². The van der Waals surface area contributed by atoms with Crippen LogP contribution in [0.5, 0.6) is 0 Å². The fourth-order valence-corrected chi connectivity index (χ4v) is 8.25. The fraction of sp³-hybridized carbons (Fsp3) is 0. The van der Waals surface area contributed by atoms with E-state index in [0.717, 1.165) is 33.4 Å². The minimum Gasteiger partial charge on any atom is -0.308 e. The normalized spacial score (nSPS) is 11.8. The van der Waals surface area contributed by atoms with Crippen LogP contribution >= 0.6 is 0 Å². The van der Waals surface area contributed by atoms with E-state index < -0.39 is 0 Å². The highest BCUT2D eigenvalue weighted by molar-refractivity contribution is 6.31. The third-order valence-corrected chi connectivity index (χ3v) is 10.6. The molecule has 0 unspecified atom stereocenters. The van der Waals surface area contributed by atoms with Crippen LogP contribution in [-0.2, 0) is 0 Å². The summed E-state index contributed by atoms with van der Waals surface area (Å²) in [6, 6.07) is 64.5. The molecule has 0 saturated heterocycles. The van der Waals surface area contributed by atoms with Gasteiger partial charge in [-0.05, 0) is 80.6 Å². The van der Waals surface area contributed by atoms with Crippen molar-refractivity contribution in [1.29, 1.82) is 0 Å². The Hall–Kier alpha value is -7.17. The van der Waals surface area contributed by atoms with Gasteiger partial charge >= 0.3 is 0 Å². The van der Waals surface area contributed by atoms with Crippen LogP contribution in [0.4, 0.5) is 0 Å². The highest BCUT2D eigenvalue weighted by Crippen LogP contribution is 2.51. The first kappa shape index (κ1) is 29.5. The standard InChI is InChI=1S/C49H30N4/c1-4-15-31(16-5-1)35-29-34-27-28-43-46-44(34)40(30-35)37-22-11-10-21-36(37)38-24-14-26-42(45(38)46)53(43)41-25-13-12-23-39(41)49-51-47(32-17-6-2-7-18-32)50-48(52-49)33-19-8-3-9-20-33/h1-30H. The number of benzene rings is 8. The van der Waals surface area contributed by atoms with E-state index in [4.69, 9.17) is 15.0 Å². The van der Waals surface area contributed by atoms with E-state index in [0.29, 0.717) is 17.5 Å². The molecule has 2 aromatic heterocycles. The van der Waals surface area contributed by atoms with E-state index in [1.165, 1.54) is 54.9 Å². The zero-order valence-corrected chi connectivity index (χ0v) is 28.6. The maximum absolute atomic E-state index is 5.16. The molecular formula is C49H30N4. The molecule has 0 spiro atoms. The van der Waals surface area contributed by atoms with Gasteiger partial charge in [0.05, 0.1) is 16.7 Å². The zero-order chi connectivity index (χ0) is 34.9. The number of hydrogen-bond donors (Lipinski definition) is 0. The summed E-state index contributed by atoms with van der Waals surface area (Å²) in [4.78, 5) is 15.3. The zero-order valence-electron chi connectivity index (χ0n) is 28.6. The van der Waals surface area contributed by atoms with Crippen LogP contribution in [0.1, 0.15) is 0 Å². The van der Waals surface area contributed by atoms with Crippen molar-refractivity contribution >= 4 is 32.6 Å². The molecule has 0 aliphatic heterocycles. The number of rotatable bonds is 5. The molecule has 4 nitrogen and oxygen atoms in total. The Labute approximate surface area is 306 Å². The van der Waals surface area contributed by atoms with Gasteiger partial charge < -0.3 is 4.57 Å². The average Bonchev–Trinajstić information content (AvgIpc) is 3.52. The third kappa shape index (κ3) is 4.59. The van der Waals surface area contributed by atoms with Gasteiger partial charge in [0.1, 0.15) is 0 Å². The van der Waals surface area contributed by atoms with Gasteiger partial charge in [0.15, 0.2) is 17.5 Å². The molecule has 53 heavy (non-hydrogen) atoms. The molecule has 0 saturated carbocycles. The lowest BCUT2D eigenvalue weighted by atomic mass is 9.90. The second kappa shape index (κ2) is 11.7. The Balaban J connectivity index is 1.23. The van der Waals surface area contributed by atoms with Crippen LogP contribution in [0.3, 0.4) is 0 Å². The Morgan fingerprint density at radius 1 is 0.302 bits per heavy atom. The van der Waals surface area contributed by atoms with Crippen molar-refractivity contribution in [2.45, 2.75) is 0 Å². The van der Waals surface area contributed by atoms with E-state index in [9.17, 15) is 0 Å². The first-order valence-corrected chi connectivity index (χ1v) is 18.0. The number of para-hydroxylation sites is 1. The van der Waals surface area contributed by atoms with E-state index in [1.54, 1.807) is 0 Å². The smallest absolute Gasteiger partial charge is 0.166 e. The first-order valence-electron chi connectivity index (χ1n) is 18.0. The molecule has 1 aliphatic rings. The molecule has 4 heteroatoms. The van der Waals surface area contributed by atoms with Crippen molar-refractivity contribution in [3.8, 4) is 73.2 Å². The van der Waals surface area contributed by atoms with Gasteiger partial charge in [0.2, 0.25) is 0 Å². The number of aromatic nitrogens is 4. The molecule has 0 atom stereocenters. The van der Waals surface area contributed by atoms with E-state index in [-0.39, 0.29) is 0 Å². The van der Waals surface area contributed by atoms with E-state index in [2.05, 4.69) is 150 Å². The Bertz CT molecular complexity index is 2980. The molecule has 0 bridgehead atoms. The topological polar surface area (TPSA) is 43.6 Å². The molecule has 0 N–H and O–H groups in total. The third-order valence-electron chi connectivity index (χ3n) is 10.6. The summed E-state index contributed by atoms with van der Waals surface area (Å²) in [6.45, 7) is 0. The maximum Gasteiger partial charge on any atom is 0.166 e. The summed E-state index contributed by atoms with van der Waals surface area (Å²) < 4.78 is 2.42. The molecule has 0 fully saturated rings. The summed E-state index contributed by atoms with van der Waals surface area (Å²) in [5.41, 5.74) is 13.6. The number of nitrogens with zero attached hydrogens (tertiary/aromatic N) is 4. The predicted molar refractivity (Wildman–Crippen MR) is 218 cm³/mol. The predicted octanol–water partition coefficient (Wildman–Crippen LogP) is 12.4. The molecular weight excluding hydrogens is 645 g/mol. The number of hydrogen-bond acceptors (Lipinski definition) is 3. The minimum absolute atomic E-state index is 0.630. The summed E-state index contributed by atoms with van der Waals surface area (Å²) in [6.07, 6.45) is 0. The Morgan fingerprint density at radius 2 is 0.830 bits per heavy atom. The van der Waals surface area contributed by atoms with Gasteiger partial charge in [-0.1, -0.05) is 146 Å². The van der Waals surface area contributed by atoms with Gasteiger partial charge in [0.25, 0.3) is 0 Å². The summed E-state index contributed by atoms with van der Waals surface area (Å²) in [5.74, 6) is 1.92. The van der Waals surface area contributed by atoms with Crippen molar-refractivity contribution in [2.75, 3.05) is 0 Å². The fourth-order valence-electron chi connectivity index (χ4n) is 8.25. The minimum atomic E-state index is 0.630. The molecule has 1 aliphatic carbocycles. The summed E-state index contributed by atoms with van der Waals surface area (Å²) in [7, 11) is 0. The summed E-state index contributed by atoms with van der Waals surface area (Å²) >= 11 is 0. The monoisotopic (exact) mass is 674 g/mol. The quantitative estimate of drug-likeness (QED) is 0.182. The van der Waals surface area contributed by atoms with Crippen molar-refractivity contribution in [2.24, 2.45) is 0 Å². The summed E-state index contributed by atoms with van der Waals surface area (Å²) in [5, 5.41) is 5.02.